The van der Waals surface area contributed by atoms with Crippen molar-refractivity contribution >= 4 is 16.8 Å². The molecule has 0 aliphatic rings. The summed E-state index contributed by atoms with van der Waals surface area (Å²) in [6.07, 6.45) is -2.41. The van der Waals surface area contributed by atoms with Crippen molar-refractivity contribution in [2.75, 3.05) is 25.1 Å². The van der Waals surface area contributed by atoms with Crippen molar-refractivity contribution in [2.24, 2.45) is 0 Å². The number of alkyl halides is 3. The molecule has 4 nitrogen and oxygen atoms in total. The summed E-state index contributed by atoms with van der Waals surface area (Å²) in [6.45, 7) is -1.14. The van der Waals surface area contributed by atoms with Gasteiger partial charge in [0.1, 0.15) is 6.54 Å². The van der Waals surface area contributed by atoms with Crippen LogP contribution in [0.4, 0.5) is 18.0 Å². The zero-order chi connectivity index (χ0) is 11.9. The second-order valence-electron chi connectivity index (χ2n) is 2.86. The van der Waals surface area contributed by atoms with E-state index < -0.39 is 29.6 Å². The summed E-state index contributed by atoms with van der Waals surface area (Å²) < 4.78 is 45.5. The first-order chi connectivity index (χ1) is 6.81. The lowest BCUT2D eigenvalue weighted by atomic mass is 10.5. The maximum absolute atomic E-state index is 11.6. The van der Waals surface area contributed by atoms with Crippen LogP contribution in [0.15, 0.2) is 0 Å². The molecule has 2 N–H and O–H groups in total. The van der Waals surface area contributed by atoms with Gasteiger partial charge in [-0.05, 0) is 6.42 Å². The van der Waals surface area contributed by atoms with Gasteiger partial charge in [0, 0.05) is 29.4 Å². The summed E-state index contributed by atoms with van der Waals surface area (Å²) in [4.78, 5) is 10.7. The number of halogens is 3. The Labute approximate surface area is 88.1 Å². The van der Waals surface area contributed by atoms with Crippen molar-refractivity contribution in [1.82, 2.24) is 10.6 Å². The maximum atomic E-state index is 11.6. The Kier molecular flexibility index (Phi) is 6.30. The molecule has 0 aliphatic heterocycles. The maximum Gasteiger partial charge on any atom is 0.405 e. The fraction of sp³-hybridized carbons (Fsp3) is 0.857. The van der Waals surface area contributed by atoms with Gasteiger partial charge in [0.15, 0.2) is 0 Å². The van der Waals surface area contributed by atoms with Crippen molar-refractivity contribution in [3.63, 3.8) is 0 Å². The predicted octanol–water partition coefficient (Wildman–Crippen LogP) is 0.617. The molecule has 0 fully saturated rings. The molecule has 0 radical (unpaired) electrons. The summed E-state index contributed by atoms with van der Waals surface area (Å²) in [5.41, 5.74) is 0. The molecule has 0 rings (SSSR count). The molecule has 1 atom stereocenters. The normalized spacial score (nSPS) is 13.3. The number of carbonyl (C=O) groups is 1. The van der Waals surface area contributed by atoms with E-state index in [2.05, 4.69) is 5.32 Å². The van der Waals surface area contributed by atoms with Gasteiger partial charge in [0.25, 0.3) is 0 Å². The Bertz CT molecular complexity index is 233. The first-order valence-electron chi connectivity index (χ1n) is 4.20. The number of rotatable bonds is 5. The molecule has 0 aromatic heterocycles. The standard InChI is InChI=1S/C7H13F3N2O2S/c1-15(14)4-2-3-11-6(13)12-5-7(8,9)10/h2-5H2,1H3,(H2,11,12,13). The Hall–Kier alpha value is -0.790. The van der Waals surface area contributed by atoms with E-state index in [1.54, 1.807) is 5.32 Å². The second-order valence-corrected chi connectivity index (χ2v) is 4.41. The molecule has 15 heavy (non-hydrogen) atoms. The first-order valence-corrected chi connectivity index (χ1v) is 5.92. The van der Waals surface area contributed by atoms with Crippen LogP contribution in [-0.2, 0) is 10.8 Å². The summed E-state index contributed by atoms with van der Waals surface area (Å²) in [5, 5.41) is 3.89. The average molecular weight is 246 g/mol. The van der Waals surface area contributed by atoms with Gasteiger partial charge < -0.3 is 10.6 Å². The van der Waals surface area contributed by atoms with E-state index in [1.165, 1.54) is 6.26 Å². The van der Waals surface area contributed by atoms with Crippen LogP contribution in [0.5, 0.6) is 0 Å². The zero-order valence-corrected chi connectivity index (χ0v) is 9.00. The predicted molar refractivity (Wildman–Crippen MR) is 51.0 cm³/mol. The molecule has 8 heteroatoms. The fourth-order valence-corrected chi connectivity index (χ4v) is 1.27. The smallest absolute Gasteiger partial charge is 0.338 e. The van der Waals surface area contributed by atoms with E-state index in [0.29, 0.717) is 12.2 Å². The molecule has 2 amide bonds. The molecule has 0 aliphatic carbocycles. The van der Waals surface area contributed by atoms with E-state index in [4.69, 9.17) is 0 Å². The van der Waals surface area contributed by atoms with E-state index >= 15 is 0 Å². The van der Waals surface area contributed by atoms with Gasteiger partial charge in [0.05, 0.1) is 0 Å². The van der Waals surface area contributed by atoms with E-state index in [9.17, 15) is 22.2 Å². The number of amides is 2. The van der Waals surface area contributed by atoms with Crippen LogP contribution in [0.1, 0.15) is 6.42 Å². The van der Waals surface area contributed by atoms with Gasteiger partial charge in [0.2, 0.25) is 0 Å². The molecule has 0 heterocycles. The van der Waals surface area contributed by atoms with Gasteiger partial charge >= 0.3 is 12.2 Å². The van der Waals surface area contributed by atoms with Crippen LogP contribution >= 0.6 is 0 Å². The molecule has 0 saturated heterocycles. The highest BCUT2D eigenvalue weighted by atomic mass is 32.2. The molecule has 0 saturated carbocycles. The SMILES string of the molecule is CS(=O)CCCNC(=O)NCC(F)(F)F. The largest absolute Gasteiger partial charge is 0.405 e. The van der Waals surface area contributed by atoms with Crippen LogP contribution < -0.4 is 10.6 Å². The lowest BCUT2D eigenvalue weighted by molar-refractivity contribution is -0.122. The average Bonchev–Trinajstić information content (AvgIpc) is 2.07. The summed E-state index contributed by atoms with van der Waals surface area (Å²) in [5.74, 6) is 0.416. The van der Waals surface area contributed by atoms with Crippen molar-refractivity contribution in [2.45, 2.75) is 12.6 Å². The van der Waals surface area contributed by atoms with Crippen LogP contribution in [0.2, 0.25) is 0 Å². The Morgan fingerprint density at radius 3 is 2.40 bits per heavy atom. The number of urea groups is 1. The number of carbonyl (C=O) groups excluding carboxylic acids is 1. The third-order valence-corrected chi connectivity index (χ3v) is 2.21. The minimum absolute atomic E-state index is 0.212. The molecule has 0 aromatic rings. The third-order valence-electron chi connectivity index (χ3n) is 1.34. The van der Waals surface area contributed by atoms with Crippen molar-refractivity contribution < 1.29 is 22.2 Å². The summed E-state index contributed by atoms with van der Waals surface area (Å²) >= 11 is 0. The fourth-order valence-electron chi connectivity index (χ4n) is 0.720. The van der Waals surface area contributed by atoms with Crippen molar-refractivity contribution in [1.29, 1.82) is 0 Å². The van der Waals surface area contributed by atoms with E-state index in [-0.39, 0.29) is 6.54 Å². The van der Waals surface area contributed by atoms with E-state index in [1.807, 2.05) is 0 Å². The van der Waals surface area contributed by atoms with Crippen LogP contribution in [0.25, 0.3) is 0 Å². The Morgan fingerprint density at radius 1 is 1.33 bits per heavy atom. The third kappa shape index (κ3) is 11.1. The Balaban J connectivity index is 3.46. The van der Waals surface area contributed by atoms with Gasteiger partial charge in [-0.15, -0.1) is 0 Å². The minimum atomic E-state index is -4.40. The minimum Gasteiger partial charge on any atom is -0.338 e. The monoisotopic (exact) mass is 246 g/mol. The molecular formula is C7H13F3N2O2S. The highest BCUT2D eigenvalue weighted by Gasteiger charge is 2.27. The summed E-state index contributed by atoms with van der Waals surface area (Å²) in [7, 11) is -0.950. The number of nitrogens with one attached hydrogen (secondary N) is 2. The first kappa shape index (κ1) is 14.2. The molecule has 1 unspecified atom stereocenters. The number of hydrogen-bond donors (Lipinski definition) is 2. The lowest BCUT2D eigenvalue weighted by Gasteiger charge is -2.09. The van der Waals surface area contributed by atoms with E-state index in [0.717, 1.165) is 0 Å². The molecule has 0 spiro atoms. The summed E-state index contributed by atoms with van der Waals surface area (Å²) in [6, 6.07) is -0.866. The van der Waals surface area contributed by atoms with Crippen LogP contribution in [-0.4, -0.2) is 41.5 Å². The number of hydrogen-bond acceptors (Lipinski definition) is 2. The van der Waals surface area contributed by atoms with Gasteiger partial charge in [-0.1, -0.05) is 0 Å². The van der Waals surface area contributed by atoms with Gasteiger partial charge in [-0.25, -0.2) is 4.79 Å². The zero-order valence-electron chi connectivity index (χ0n) is 8.19. The van der Waals surface area contributed by atoms with Gasteiger partial charge in [-0.3, -0.25) is 4.21 Å². The van der Waals surface area contributed by atoms with Crippen LogP contribution in [0.3, 0.4) is 0 Å². The molecule has 0 bridgehead atoms. The molecule has 90 valence electrons. The molecule has 0 aromatic carbocycles. The molecular weight excluding hydrogens is 233 g/mol. The lowest BCUT2D eigenvalue weighted by Crippen LogP contribution is -2.41. The van der Waals surface area contributed by atoms with Crippen molar-refractivity contribution in [3.05, 3.63) is 0 Å². The quantitative estimate of drug-likeness (QED) is 0.698. The van der Waals surface area contributed by atoms with Crippen LogP contribution in [0, 0.1) is 0 Å². The highest BCUT2D eigenvalue weighted by Crippen LogP contribution is 2.11. The topological polar surface area (TPSA) is 58.2 Å². The van der Waals surface area contributed by atoms with Gasteiger partial charge in [-0.2, -0.15) is 13.2 Å². The highest BCUT2D eigenvalue weighted by molar-refractivity contribution is 7.84. The Morgan fingerprint density at radius 2 is 1.93 bits per heavy atom. The van der Waals surface area contributed by atoms with Crippen molar-refractivity contribution in [3.8, 4) is 0 Å². The second kappa shape index (κ2) is 6.65.